The molecule has 420 valence electrons. The third-order valence-electron chi connectivity index (χ3n) is 16.7. The van der Waals surface area contributed by atoms with E-state index in [0.717, 1.165) is 120 Å². The van der Waals surface area contributed by atoms with E-state index in [1.807, 2.05) is 0 Å². The van der Waals surface area contributed by atoms with Crippen molar-refractivity contribution in [1.29, 1.82) is 0 Å². The van der Waals surface area contributed by atoms with Gasteiger partial charge in [0.1, 0.15) is 0 Å². The van der Waals surface area contributed by atoms with Crippen LogP contribution in [0.2, 0.25) is 0 Å². The molecule has 0 spiro atoms. The number of allylic oxidation sites excluding steroid dienone is 3. The Labute approximate surface area is 514 Å². The van der Waals surface area contributed by atoms with Crippen LogP contribution < -0.4 is 24.5 Å². The van der Waals surface area contributed by atoms with Crippen LogP contribution in [0.5, 0.6) is 0 Å². The van der Waals surface area contributed by atoms with Crippen LogP contribution in [0.25, 0.3) is 38.3 Å². The van der Waals surface area contributed by atoms with Gasteiger partial charge in [0.2, 0.25) is 0 Å². The lowest BCUT2D eigenvalue weighted by atomic mass is 10.1. The fraction of sp³-hybridized carbons (Fsp3) is 0.0244. The third-order valence-corrected chi connectivity index (χ3v) is 16.7. The minimum Gasteiger partial charge on any atom is -0.311 e. The van der Waals surface area contributed by atoms with E-state index in [9.17, 15) is 0 Å². The number of nitrogens with zero attached hydrogens (tertiary/aromatic N) is 6. The molecule has 0 atom stereocenters. The van der Waals surface area contributed by atoms with Gasteiger partial charge in [0.25, 0.3) is 0 Å². The van der Waals surface area contributed by atoms with Crippen molar-refractivity contribution in [2.75, 3.05) is 24.5 Å². The van der Waals surface area contributed by atoms with Gasteiger partial charge in [0, 0.05) is 101 Å². The summed E-state index contributed by atoms with van der Waals surface area (Å²) >= 11 is 0. The number of anilines is 14. The first-order chi connectivity index (χ1) is 43.7. The summed E-state index contributed by atoms with van der Waals surface area (Å²) in [5.74, 6) is 0. The van der Waals surface area contributed by atoms with E-state index in [-0.39, 0.29) is 0 Å². The fourth-order valence-corrected chi connectivity index (χ4v) is 12.7. The van der Waals surface area contributed by atoms with Crippen LogP contribution in [0.15, 0.2) is 358 Å². The Morgan fingerprint density at radius 1 is 0.239 bits per heavy atom. The normalized spacial score (nSPS) is 12.0. The topological polar surface area (TPSA) is 21.1 Å². The van der Waals surface area contributed by atoms with Gasteiger partial charge < -0.3 is 29.1 Å². The standard InChI is InChI=1S/C82H62N6/c1-8-27-62(28-9-1)83(63-29-10-2-11-30-63)69-43-47-71(48-44-69)85(66-35-16-5-17-36-66)75-55-57-78-79-58-56-76(86(67-37-18-6-19-38-67)72-49-45-70(46-50-72)84(64-31-12-3-13-32-64)65-33-14-4-15-34-65)60-82(79)88(81(78)59-75)74-53-51-73(52-54-74)87(68-39-20-7-21-40-68)80-42-24-26-61-25-22-23-41-77(61)80/h1-3,5-14,16-60H,4,15H2. The Balaban J connectivity index is 0.896. The van der Waals surface area contributed by atoms with E-state index >= 15 is 0 Å². The summed E-state index contributed by atoms with van der Waals surface area (Å²) < 4.78 is 2.46. The molecule has 0 fully saturated rings. The number of rotatable bonds is 16. The van der Waals surface area contributed by atoms with Gasteiger partial charge >= 0.3 is 0 Å². The molecule has 0 radical (unpaired) electrons. The van der Waals surface area contributed by atoms with Crippen LogP contribution in [0.4, 0.5) is 79.6 Å². The number of hydrogen-bond acceptors (Lipinski definition) is 5. The zero-order chi connectivity index (χ0) is 58.6. The largest absolute Gasteiger partial charge is 0.311 e. The molecule has 13 aromatic carbocycles. The average Bonchev–Trinajstić information content (AvgIpc) is 1.66. The first-order valence-corrected chi connectivity index (χ1v) is 30.2. The fourth-order valence-electron chi connectivity index (χ4n) is 12.7. The number of aromatic nitrogens is 1. The second-order valence-corrected chi connectivity index (χ2v) is 22.1. The van der Waals surface area contributed by atoms with E-state index in [1.165, 1.54) is 16.5 Å². The summed E-state index contributed by atoms with van der Waals surface area (Å²) in [6, 6.07) is 120. The second-order valence-electron chi connectivity index (χ2n) is 22.1. The van der Waals surface area contributed by atoms with Gasteiger partial charge in [-0.3, -0.25) is 0 Å². The van der Waals surface area contributed by atoms with Gasteiger partial charge in [-0.2, -0.15) is 0 Å². The lowest BCUT2D eigenvalue weighted by Gasteiger charge is -2.29. The van der Waals surface area contributed by atoms with Gasteiger partial charge in [0.05, 0.1) is 16.7 Å². The van der Waals surface area contributed by atoms with Crippen LogP contribution >= 0.6 is 0 Å². The second kappa shape index (κ2) is 23.8. The molecule has 0 aliphatic heterocycles. The van der Waals surface area contributed by atoms with Crippen LogP contribution in [-0.2, 0) is 0 Å². The van der Waals surface area contributed by atoms with Crippen molar-refractivity contribution < 1.29 is 0 Å². The van der Waals surface area contributed by atoms with Gasteiger partial charge in [-0.25, -0.2) is 0 Å². The van der Waals surface area contributed by atoms with E-state index in [0.29, 0.717) is 0 Å². The molecule has 6 nitrogen and oxygen atoms in total. The highest BCUT2D eigenvalue weighted by atomic mass is 15.2. The summed E-state index contributed by atoms with van der Waals surface area (Å²) in [6.45, 7) is 0. The van der Waals surface area contributed by atoms with Crippen LogP contribution in [0.3, 0.4) is 0 Å². The van der Waals surface area contributed by atoms with Gasteiger partial charge in [-0.1, -0.05) is 170 Å². The zero-order valence-corrected chi connectivity index (χ0v) is 48.6. The number of hydrogen-bond donors (Lipinski definition) is 0. The maximum absolute atomic E-state index is 2.46. The molecule has 1 aromatic heterocycles. The minimum absolute atomic E-state index is 1.01. The molecule has 0 bridgehead atoms. The SMILES string of the molecule is C1=CC(N(c2ccccc2)c2ccc(N(c3ccccc3)c3ccc4c5ccc(N(c6ccccc6)c6ccc(N(c7ccccc7)c7ccccc7)cc6)cc5n(-c5ccc(N(c6ccccc6)c6cccc7ccccc67)cc5)c4c3)cc2)=CCC1. The highest BCUT2D eigenvalue weighted by molar-refractivity contribution is 6.12. The average molecular weight is 1130 g/mol. The molecular formula is C82H62N6. The molecule has 0 N–H and O–H groups in total. The Bertz CT molecular complexity index is 4720. The summed E-state index contributed by atoms with van der Waals surface area (Å²) in [4.78, 5) is 11.8. The summed E-state index contributed by atoms with van der Waals surface area (Å²) in [5.41, 5.74) is 19.5. The molecule has 1 heterocycles. The first kappa shape index (κ1) is 53.1. The van der Waals surface area contributed by atoms with Gasteiger partial charge in [0.15, 0.2) is 0 Å². The minimum atomic E-state index is 1.01. The van der Waals surface area contributed by atoms with Crippen LogP contribution in [0.1, 0.15) is 12.8 Å². The quantitative estimate of drug-likeness (QED) is 0.0958. The van der Waals surface area contributed by atoms with E-state index < -0.39 is 0 Å². The Morgan fingerprint density at radius 3 is 1.00 bits per heavy atom. The monoisotopic (exact) mass is 1130 g/mol. The van der Waals surface area contributed by atoms with Crippen molar-refractivity contribution in [3.8, 4) is 5.69 Å². The van der Waals surface area contributed by atoms with Crippen molar-refractivity contribution >= 4 is 112 Å². The molecule has 0 unspecified atom stereocenters. The molecule has 14 aromatic rings. The van der Waals surface area contributed by atoms with Crippen molar-refractivity contribution in [2.24, 2.45) is 0 Å². The first-order valence-electron chi connectivity index (χ1n) is 30.2. The Kier molecular flexibility index (Phi) is 14.4. The number of fused-ring (bicyclic) bond motifs is 4. The predicted octanol–water partition coefficient (Wildman–Crippen LogP) is 23.2. The maximum Gasteiger partial charge on any atom is 0.0561 e. The predicted molar refractivity (Wildman–Crippen MR) is 372 cm³/mol. The van der Waals surface area contributed by atoms with Gasteiger partial charge in [-0.05, 0) is 200 Å². The molecule has 1 aliphatic carbocycles. The smallest absolute Gasteiger partial charge is 0.0561 e. The number of benzene rings is 13. The van der Waals surface area contributed by atoms with Crippen molar-refractivity contribution in [2.45, 2.75) is 12.8 Å². The van der Waals surface area contributed by atoms with E-state index in [2.05, 4.69) is 381 Å². The molecule has 0 saturated carbocycles. The van der Waals surface area contributed by atoms with E-state index in [1.54, 1.807) is 0 Å². The van der Waals surface area contributed by atoms with Gasteiger partial charge in [-0.15, -0.1) is 0 Å². The summed E-state index contributed by atoms with van der Waals surface area (Å²) in [6.07, 6.45) is 8.93. The van der Waals surface area contributed by atoms with Crippen molar-refractivity contribution in [1.82, 2.24) is 4.57 Å². The third kappa shape index (κ3) is 10.3. The Morgan fingerprint density at radius 2 is 0.568 bits per heavy atom. The lowest BCUT2D eigenvalue weighted by Crippen LogP contribution is -2.16. The van der Waals surface area contributed by atoms with Crippen LogP contribution in [0, 0.1) is 0 Å². The zero-order valence-electron chi connectivity index (χ0n) is 48.6. The molecular weight excluding hydrogens is 1070 g/mol. The highest BCUT2D eigenvalue weighted by Gasteiger charge is 2.23. The molecule has 88 heavy (non-hydrogen) atoms. The summed E-state index contributed by atoms with van der Waals surface area (Å²) in [5, 5.41) is 4.70. The lowest BCUT2D eigenvalue weighted by molar-refractivity contribution is 0.997. The molecule has 0 amide bonds. The number of para-hydroxylation sites is 6. The molecule has 15 rings (SSSR count). The Hall–Kier alpha value is -11.6. The van der Waals surface area contributed by atoms with Crippen molar-refractivity contribution in [3.63, 3.8) is 0 Å². The highest BCUT2D eigenvalue weighted by Crippen LogP contribution is 2.46. The van der Waals surface area contributed by atoms with E-state index in [4.69, 9.17) is 0 Å². The molecule has 6 heteroatoms. The molecule has 1 aliphatic rings. The van der Waals surface area contributed by atoms with Crippen molar-refractivity contribution in [3.05, 3.63) is 358 Å². The summed E-state index contributed by atoms with van der Waals surface area (Å²) in [7, 11) is 0. The molecule has 0 saturated heterocycles. The maximum atomic E-state index is 2.46. The van der Waals surface area contributed by atoms with Crippen LogP contribution in [-0.4, -0.2) is 4.57 Å².